The summed E-state index contributed by atoms with van der Waals surface area (Å²) in [4.78, 5) is 11.7. The molecule has 0 bridgehead atoms. The molecule has 15 heavy (non-hydrogen) atoms. The Morgan fingerprint density at radius 2 is 1.87 bits per heavy atom. The van der Waals surface area contributed by atoms with E-state index < -0.39 is 0 Å². The van der Waals surface area contributed by atoms with E-state index in [0.717, 1.165) is 12.0 Å². The molecule has 1 atom stereocenters. The molecule has 0 heterocycles. The smallest absolute Gasteiger partial charge is 0.139 e. The standard InChI is InChI=1S/C13H15FO/c1-13(2)8-10(7-12(13)15)9-3-5-11(14)6-4-9/h3-6,10H,7-8H2,1-2H3/t10-/m1/s1. The van der Waals surface area contributed by atoms with E-state index in [1.807, 2.05) is 13.8 Å². The fourth-order valence-electron chi connectivity index (χ4n) is 2.27. The number of ketones is 1. The van der Waals surface area contributed by atoms with Crippen LogP contribution in [0.1, 0.15) is 38.2 Å². The van der Waals surface area contributed by atoms with Gasteiger partial charge in [-0.25, -0.2) is 4.39 Å². The summed E-state index contributed by atoms with van der Waals surface area (Å²) in [6, 6.07) is 6.50. The number of halogens is 1. The van der Waals surface area contributed by atoms with Crippen LogP contribution in [0.2, 0.25) is 0 Å². The van der Waals surface area contributed by atoms with E-state index in [2.05, 4.69) is 0 Å². The summed E-state index contributed by atoms with van der Waals surface area (Å²) in [5.41, 5.74) is 0.870. The number of hydrogen-bond acceptors (Lipinski definition) is 1. The van der Waals surface area contributed by atoms with Gasteiger partial charge in [0, 0.05) is 11.8 Å². The van der Waals surface area contributed by atoms with E-state index >= 15 is 0 Å². The molecule has 1 fully saturated rings. The predicted molar refractivity (Wildman–Crippen MR) is 57.2 cm³/mol. The van der Waals surface area contributed by atoms with Gasteiger partial charge in [-0.15, -0.1) is 0 Å². The topological polar surface area (TPSA) is 17.1 Å². The van der Waals surface area contributed by atoms with Crippen LogP contribution in [0.5, 0.6) is 0 Å². The van der Waals surface area contributed by atoms with Gasteiger partial charge in [0.25, 0.3) is 0 Å². The van der Waals surface area contributed by atoms with Crippen LogP contribution >= 0.6 is 0 Å². The molecule has 0 N–H and O–H groups in total. The molecule has 1 aromatic rings. The van der Waals surface area contributed by atoms with Gasteiger partial charge in [0.1, 0.15) is 11.6 Å². The quantitative estimate of drug-likeness (QED) is 0.689. The second-order valence-corrected chi connectivity index (χ2v) is 4.96. The third-order valence-electron chi connectivity index (χ3n) is 3.28. The monoisotopic (exact) mass is 206 g/mol. The van der Waals surface area contributed by atoms with E-state index in [1.54, 1.807) is 12.1 Å². The molecule has 1 aromatic carbocycles. The average Bonchev–Trinajstić information content (AvgIpc) is 2.42. The van der Waals surface area contributed by atoms with Gasteiger partial charge in [0.2, 0.25) is 0 Å². The molecule has 2 rings (SSSR count). The Morgan fingerprint density at radius 3 is 2.33 bits per heavy atom. The normalized spacial score (nSPS) is 24.5. The van der Waals surface area contributed by atoms with Crippen LogP contribution in [-0.4, -0.2) is 5.78 Å². The summed E-state index contributed by atoms with van der Waals surface area (Å²) in [5, 5.41) is 0. The van der Waals surface area contributed by atoms with Crippen molar-refractivity contribution in [2.75, 3.05) is 0 Å². The molecule has 0 unspecified atom stereocenters. The lowest BCUT2D eigenvalue weighted by atomic mass is 9.88. The lowest BCUT2D eigenvalue weighted by Crippen LogP contribution is -2.15. The molecule has 0 saturated heterocycles. The highest BCUT2D eigenvalue weighted by molar-refractivity contribution is 5.87. The van der Waals surface area contributed by atoms with E-state index in [4.69, 9.17) is 0 Å². The number of benzene rings is 1. The van der Waals surface area contributed by atoms with Crippen LogP contribution in [0.4, 0.5) is 4.39 Å². The Bertz CT molecular complexity index is 378. The number of hydrogen-bond donors (Lipinski definition) is 0. The fourth-order valence-corrected chi connectivity index (χ4v) is 2.27. The van der Waals surface area contributed by atoms with Gasteiger partial charge < -0.3 is 0 Å². The molecule has 1 aliphatic rings. The zero-order valence-electron chi connectivity index (χ0n) is 9.09. The predicted octanol–water partition coefficient (Wildman–Crippen LogP) is 3.30. The molecule has 0 aromatic heterocycles. The Kier molecular flexibility index (Phi) is 2.37. The number of rotatable bonds is 1. The third kappa shape index (κ3) is 1.94. The first-order chi connectivity index (χ1) is 6.99. The van der Waals surface area contributed by atoms with Crippen LogP contribution in [-0.2, 0) is 4.79 Å². The largest absolute Gasteiger partial charge is 0.299 e. The highest BCUT2D eigenvalue weighted by Gasteiger charge is 2.39. The summed E-state index contributed by atoms with van der Waals surface area (Å²) in [6.45, 7) is 3.97. The SMILES string of the molecule is CC1(C)C[C@H](c2ccc(F)cc2)CC1=O. The molecule has 1 saturated carbocycles. The van der Waals surface area contributed by atoms with Crippen molar-refractivity contribution in [2.45, 2.75) is 32.6 Å². The number of Topliss-reactive ketones (excluding diaryl/α,β-unsaturated/α-hetero) is 1. The second-order valence-electron chi connectivity index (χ2n) is 4.96. The minimum absolute atomic E-state index is 0.209. The lowest BCUT2D eigenvalue weighted by Gasteiger charge is -2.15. The average molecular weight is 206 g/mol. The van der Waals surface area contributed by atoms with Crippen molar-refractivity contribution < 1.29 is 9.18 Å². The van der Waals surface area contributed by atoms with Crippen LogP contribution in [0.3, 0.4) is 0 Å². The molecule has 0 radical (unpaired) electrons. The van der Waals surface area contributed by atoms with Gasteiger partial charge in [-0.2, -0.15) is 0 Å². The Balaban J connectivity index is 2.21. The van der Waals surface area contributed by atoms with Gasteiger partial charge in [-0.1, -0.05) is 26.0 Å². The van der Waals surface area contributed by atoms with Crippen LogP contribution in [0.15, 0.2) is 24.3 Å². The van der Waals surface area contributed by atoms with Crippen molar-refractivity contribution in [3.63, 3.8) is 0 Å². The highest BCUT2D eigenvalue weighted by atomic mass is 19.1. The molecule has 0 amide bonds. The third-order valence-corrected chi connectivity index (χ3v) is 3.28. The maximum atomic E-state index is 12.7. The molecule has 0 spiro atoms. The summed E-state index contributed by atoms with van der Waals surface area (Å²) in [6.07, 6.45) is 1.47. The number of carbonyl (C=O) groups is 1. The van der Waals surface area contributed by atoms with E-state index in [0.29, 0.717) is 12.2 Å². The maximum absolute atomic E-state index is 12.7. The second kappa shape index (κ2) is 3.44. The summed E-state index contributed by atoms with van der Waals surface area (Å²) < 4.78 is 12.7. The lowest BCUT2D eigenvalue weighted by molar-refractivity contribution is -0.124. The van der Waals surface area contributed by atoms with Gasteiger partial charge in [-0.3, -0.25) is 4.79 Å². The van der Waals surface area contributed by atoms with Gasteiger partial charge in [0.05, 0.1) is 0 Å². The first kappa shape index (κ1) is 10.3. The van der Waals surface area contributed by atoms with Crippen LogP contribution in [0, 0.1) is 11.2 Å². The van der Waals surface area contributed by atoms with E-state index in [1.165, 1.54) is 12.1 Å². The zero-order valence-corrected chi connectivity index (χ0v) is 9.09. The van der Waals surface area contributed by atoms with Crippen molar-refractivity contribution in [1.82, 2.24) is 0 Å². The van der Waals surface area contributed by atoms with Crippen molar-refractivity contribution in [3.05, 3.63) is 35.6 Å². The van der Waals surface area contributed by atoms with E-state index in [-0.39, 0.29) is 17.2 Å². The van der Waals surface area contributed by atoms with Crippen molar-refractivity contribution >= 4 is 5.78 Å². The molecule has 0 aliphatic heterocycles. The highest BCUT2D eigenvalue weighted by Crippen LogP contribution is 2.43. The first-order valence-electron chi connectivity index (χ1n) is 5.28. The molecule has 1 nitrogen and oxygen atoms in total. The summed E-state index contributed by atoms with van der Waals surface area (Å²) in [5.74, 6) is 0.368. The van der Waals surface area contributed by atoms with Gasteiger partial charge in [-0.05, 0) is 30.0 Å². The number of carbonyl (C=O) groups excluding carboxylic acids is 1. The first-order valence-corrected chi connectivity index (χ1v) is 5.28. The Morgan fingerprint density at radius 1 is 1.27 bits per heavy atom. The zero-order chi connectivity index (χ0) is 11.1. The molecule has 1 aliphatic carbocycles. The van der Waals surface area contributed by atoms with Crippen LogP contribution in [0.25, 0.3) is 0 Å². The molecule has 2 heteroatoms. The van der Waals surface area contributed by atoms with Crippen molar-refractivity contribution in [2.24, 2.45) is 5.41 Å². The van der Waals surface area contributed by atoms with Crippen LogP contribution < -0.4 is 0 Å². The Hall–Kier alpha value is -1.18. The molecule has 80 valence electrons. The molecular formula is C13H15FO. The summed E-state index contributed by atoms with van der Waals surface area (Å²) >= 11 is 0. The van der Waals surface area contributed by atoms with E-state index in [9.17, 15) is 9.18 Å². The fraction of sp³-hybridized carbons (Fsp3) is 0.462. The van der Waals surface area contributed by atoms with Gasteiger partial charge in [0.15, 0.2) is 0 Å². The maximum Gasteiger partial charge on any atom is 0.139 e. The molecular weight excluding hydrogens is 191 g/mol. The summed E-state index contributed by atoms with van der Waals surface area (Å²) in [7, 11) is 0. The minimum atomic E-state index is -0.220. The van der Waals surface area contributed by atoms with Crippen molar-refractivity contribution in [1.29, 1.82) is 0 Å². The van der Waals surface area contributed by atoms with Gasteiger partial charge >= 0.3 is 0 Å². The van der Waals surface area contributed by atoms with Crippen molar-refractivity contribution in [3.8, 4) is 0 Å². The minimum Gasteiger partial charge on any atom is -0.299 e. The Labute approximate surface area is 89.3 Å².